The number of ether oxygens (including phenoxy) is 1. The monoisotopic (exact) mass is 485 g/mol. The fourth-order valence-corrected chi connectivity index (χ4v) is 5.72. The zero-order valence-electron chi connectivity index (χ0n) is 19.1. The van der Waals surface area contributed by atoms with Gasteiger partial charge in [0, 0.05) is 17.7 Å². The predicted molar refractivity (Wildman–Crippen MR) is 134 cm³/mol. The summed E-state index contributed by atoms with van der Waals surface area (Å²) in [7, 11) is 0. The van der Waals surface area contributed by atoms with Crippen LogP contribution in [-0.4, -0.2) is 39.0 Å². The van der Waals surface area contributed by atoms with Crippen LogP contribution in [0.2, 0.25) is 0 Å². The van der Waals surface area contributed by atoms with E-state index in [0.29, 0.717) is 23.1 Å². The fraction of sp³-hybridized carbons (Fsp3) is 0.250. The van der Waals surface area contributed by atoms with E-state index in [1.54, 1.807) is 12.1 Å². The van der Waals surface area contributed by atoms with Gasteiger partial charge in [-0.05, 0) is 71.8 Å². The number of nitrogens with zero attached hydrogens (tertiary/aromatic N) is 3. The molecule has 2 heterocycles. The van der Waals surface area contributed by atoms with Crippen molar-refractivity contribution in [2.75, 3.05) is 12.4 Å². The molecule has 1 atom stereocenters. The maximum absolute atomic E-state index is 13.5. The van der Waals surface area contributed by atoms with Crippen molar-refractivity contribution in [2.24, 2.45) is 0 Å². The van der Waals surface area contributed by atoms with Crippen LogP contribution in [0, 0.1) is 5.82 Å². The number of aromatic nitrogens is 3. The van der Waals surface area contributed by atoms with Crippen molar-refractivity contribution >= 4 is 17.5 Å². The van der Waals surface area contributed by atoms with E-state index in [4.69, 9.17) is 4.74 Å². The van der Waals surface area contributed by atoms with Gasteiger partial charge in [-0.2, -0.15) is 0 Å². The molecule has 1 saturated heterocycles. The number of Topliss-reactive ketones (excluding diaryl/α,β-unsaturated/α-hetero) is 1. The highest BCUT2D eigenvalue weighted by Crippen LogP contribution is 2.37. The van der Waals surface area contributed by atoms with Crippen LogP contribution in [0.25, 0.3) is 22.5 Å². The molecule has 35 heavy (non-hydrogen) atoms. The number of hydrogen-bond donors (Lipinski definition) is 0. The van der Waals surface area contributed by atoms with Crippen LogP contribution in [0.1, 0.15) is 34.3 Å². The molecule has 5 nitrogen and oxygen atoms in total. The summed E-state index contributed by atoms with van der Waals surface area (Å²) in [5.41, 5.74) is 6.42. The number of carbonyl (C=O) groups excluding carboxylic acids is 1. The number of thioether (sulfide) groups is 1. The Morgan fingerprint density at radius 3 is 2.69 bits per heavy atom. The van der Waals surface area contributed by atoms with Gasteiger partial charge in [0.2, 0.25) is 0 Å². The SMILES string of the molecule is O=C(CSc1nnc(-c2ccc(F)cc2)n1CC1CCCO1)c1ccc2c(c1)-c1ccccc1C2. The highest BCUT2D eigenvalue weighted by atomic mass is 32.2. The van der Waals surface area contributed by atoms with Crippen LogP contribution in [0.4, 0.5) is 4.39 Å². The first-order chi connectivity index (χ1) is 17.2. The molecule has 0 radical (unpaired) electrons. The highest BCUT2D eigenvalue weighted by Gasteiger charge is 2.23. The van der Waals surface area contributed by atoms with Gasteiger partial charge in [0.25, 0.3) is 0 Å². The van der Waals surface area contributed by atoms with Crippen LogP contribution in [0.3, 0.4) is 0 Å². The predicted octanol–water partition coefficient (Wildman–Crippen LogP) is 5.81. The molecular weight excluding hydrogens is 461 g/mol. The average molecular weight is 486 g/mol. The summed E-state index contributed by atoms with van der Waals surface area (Å²) in [6, 6.07) is 20.6. The van der Waals surface area contributed by atoms with Crippen LogP contribution >= 0.6 is 11.8 Å². The van der Waals surface area contributed by atoms with Crippen molar-refractivity contribution in [3.63, 3.8) is 0 Å². The summed E-state index contributed by atoms with van der Waals surface area (Å²) in [6.07, 6.45) is 2.99. The Balaban J connectivity index is 1.23. The zero-order valence-corrected chi connectivity index (χ0v) is 19.9. The topological polar surface area (TPSA) is 57.0 Å². The summed E-state index contributed by atoms with van der Waals surface area (Å²) in [5.74, 6) is 0.672. The Bertz CT molecular complexity index is 1390. The Morgan fingerprint density at radius 1 is 1.03 bits per heavy atom. The minimum atomic E-state index is -0.295. The van der Waals surface area contributed by atoms with Gasteiger partial charge >= 0.3 is 0 Å². The Morgan fingerprint density at radius 2 is 1.86 bits per heavy atom. The van der Waals surface area contributed by atoms with Gasteiger partial charge in [0.1, 0.15) is 5.82 Å². The molecule has 3 aromatic carbocycles. The molecule has 6 rings (SSSR count). The summed E-state index contributed by atoms with van der Waals surface area (Å²) in [4.78, 5) is 13.2. The molecular formula is C28H24FN3O2S. The molecule has 1 aliphatic heterocycles. The summed E-state index contributed by atoms with van der Waals surface area (Å²) < 4.78 is 21.3. The summed E-state index contributed by atoms with van der Waals surface area (Å²) in [6.45, 7) is 1.35. The first-order valence-electron chi connectivity index (χ1n) is 11.8. The standard InChI is InChI=1S/C28H24FN3O2S/c29-22-11-9-18(10-12-22)27-30-31-28(32(27)16-23-5-3-13-34-23)35-17-26(33)21-8-7-20-14-19-4-1-2-6-24(19)25(20)15-21/h1-2,4,6-12,15,23H,3,5,13-14,16-17H2. The molecule has 0 bridgehead atoms. The number of rotatable bonds is 7. The lowest BCUT2D eigenvalue weighted by Crippen LogP contribution is -2.17. The molecule has 0 amide bonds. The van der Waals surface area contributed by atoms with E-state index in [9.17, 15) is 9.18 Å². The molecule has 1 unspecified atom stereocenters. The third-order valence-corrected chi connectivity index (χ3v) is 7.65. The minimum Gasteiger partial charge on any atom is -0.376 e. The van der Waals surface area contributed by atoms with Crippen molar-refractivity contribution < 1.29 is 13.9 Å². The molecule has 1 fully saturated rings. The molecule has 2 aliphatic rings. The summed E-state index contributed by atoms with van der Waals surface area (Å²) >= 11 is 1.38. The van der Waals surface area contributed by atoms with Gasteiger partial charge < -0.3 is 4.74 Å². The third kappa shape index (κ3) is 4.42. The van der Waals surface area contributed by atoms with E-state index < -0.39 is 0 Å². The van der Waals surface area contributed by atoms with Crippen molar-refractivity contribution in [3.05, 3.63) is 89.2 Å². The fourth-order valence-electron chi connectivity index (χ4n) is 4.88. The number of ketones is 1. The van der Waals surface area contributed by atoms with Gasteiger partial charge in [-0.15, -0.1) is 10.2 Å². The van der Waals surface area contributed by atoms with Gasteiger partial charge in [-0.3, -0.25) is 9.36 Å². The lowest BCUT2D eigenvalue weighted by molar-refractivity contribution is 0.0953. The minimum absolute atomic E-state index is 0.0529. The zero-order chi connectivity index (χ0) is 23.8. The molecule has 7 heteroatoms. The van der Waals surface area contributed by atoms with Crippen LogP contribution < -0.4 is 0 Å². The first-order valence-corrected chi connectivity index (χ1v) is 12.8. The quantitative estimate of drug-likeness (QED) is 0.215. The van der Waals surface area contributed by atoms with Gasteiger partial charge in [0.05, 0.1) is 18.4 Å². The van der Waals surface area contributed by atoms with Crippen LogP contribution in [0.15, 0.2) is 71.9 Å². The van der Waals surface area contributed by atoms with E-state index in [2.05, 4.69) is 34.5 Å². The number of benzene rings is 3. The van der Waals surface area contributed by atoms with Crippen molar-refractivity contribution in [3.8, 4) is 22.5 Å². The van der Waals surface area contributed by atoms with E-state index >= 15 is 0 Å². The van der Waals surface area contributed by atoms with Crippen LogP contribution in [-0.2, 0) is 17.7 Å². The summed E-state index contributed by atoms with van der Waals surface area (Å²) in [5, 5.41) is 9.43. The molecule has 1 aromatic heterocycles. The Kier molecular flexibility index (Phi) is 5.96. The van der Waals surface area contributed by atoms with E-state index in [-0.39, 0.29) is 23.5 Å². The molecule has 0 saturated carbocycles. The molecule has 0 N–H and O–H groups in total. The van der Waals surface area contributed by atoms with Crippen LogP contribution in [0.5, 0.6) is 0 Å². The molecule has 4 aromatic rings. The lowest BCUT2D eigenvalue weighted by Gasteiger charge is -2.14. The first kappa shape index (κ1) is 22.2. The van der Waals surface area contributed by atoms with E-state index in [0.717, 1.165) is 37.0 Å². The number of carbonyl (C=O) groups is 1. The molecule has 0 spiro atoms. The second kappa shape index (κ2) is 9.40. The van der Waals surface area contributed by atoms with Gasteiger partial charge in [-0.25, -0.2) is 4.39 Å². The number of hydrogen-bond acceptors (Lipinski definition) is 5. The Hall–Kier alpha value is -3.29. The van der Waals surface area contributed by atoms with Crippen molar-refractivity contribution in [1.82, 2.24) is 14.8 Å². The highest BCUT2D eigenvalue weighted by molar-refractivity contribution is 7.99. The lowest BCUT2D eigenvalue weighted by atomic mass is 10.0. The average Bonchev–Trinajstić information content (AvgIpc) is 3.62. The second-order valence-electron chi connectivity index (χ2n) is 8.98. The van der Waals surface area contributed by atoms with Crippen molar-refractivity contribution in [1.29, 1.82) is 0 Å². The number of halogens is 1. The van der Waals surface area contributed by atoms with E-state index in [1.165, 1.54) is 40.6 Å². The molecule has 176 valence electrons. The molecule has 1 aliphatic carbocycles. The van der Waals surface area contributed by atoms with E-state index in [1.807, 2.05) is 22.8 Å². The van der Waals surface area contributed by atoms with Gasteiger partial charge in [0.15, 0.2) is 16.8 Å². The smallest absolute Gasteiger partial charge is 0.192 e. The second-order valence-corrected chi connectivity index (χ2v) is 9.92. The maximum atomic E-state index is 13.5. The number of fused-ring (bicyclic) bond motifs is 3. The third-order valence-electron chi connectivity index (χ3n) is 6.68. The normalized spacial score (nSPS) is 16.3. The largest absolute Gasteiger partial charge is 0.376 e. The Labute approximate surface area is 207 Å². The van der Waals surface area contributed by atoms with Gasteiger partial charge in [-0.1, -0.05) is 48.2 Å². The maximum Gasteiger partial charge on any atom is 0.192 e. The van der Waals surface area contributed by atoms with Crippen molar-refractivity contribution in [2.45, 2.75) is 37.1 Å².